The summed E-state index contributed by atoms with van der Waals surface area (Å²) in [5.41, 5.74) is 6.67. The molecule has 0 radical (unpaired) electrons. The summed E-state index contributed by atoms with van der Waals surface area (Å²) in [6, 6.07) is 13.5. The number of hydrogen-bond acceptors (Lipinski definition) is 5. The molecule has 3 heterocycles. The predicted octanol–water partition coefficient (Wildman–Crippen LogP) is 2.32. The lowest BCUT2D eigenvalue weighted by Crippen LogP contribution is -2.43. The van der Waals surface area contributed by atoms with Crippen molar-refractivity contribution in [3.63, 3.8) is 0 Å². The quantitative estimate of drug-likeness (QED) is 0.648. The molecule has 33 heavy (non-hydrogen) atoms. The summed E-state index contributed by atoms with van der Waals surface area (Å²) in [6.45, 7) is 1.47. The van der Waals surface area contributed by atoms with Crippen molar-refractivity contribution in [2.75, 3.05) is 6.54 Å². The summed E-state index contributed by atoms with van der Waals surface area (Å²) in [4.78, 5) is 42.7. The first-order valence-electron chi connectivity index (χ1n) is 10.9. The zero-order chi connectivity index (χ0) is 22.8. The zero-order valence-electron chi connectivity index (χ0n) is 18.0. The van der Waals surface area contributed by atoms with Crippen LogP contribution in [0.1, 0.15) is 39.9 Å². The standard InChI is InChI=1S/C25H23N5O3/c31-23-7-6-22(28-29-23)25(33)30-11-9-21-18(2-1-3-19(21)15-30)14-27-24(32)17-5-4-16-8-10-26-13-20(16)12-17/h1-5,8,10,12-13H,6-7,9,11,14-15H2,(H,27,32)(H,29,31). The molecule has 166 valence electrons. The summed E-state index contributed by atoms with van der Waals surface area (Å²) in [6.07, 6.45) is 4.83. The largest absolute Gasteiger partial charge is 0.348 e. The van der Waals surface area contributed by atoms with Gasteiger partial charge < -0.3 is 10.2 Å². The first-order chi connectivity index (χ1) is 16.1. The molecule has 2 aliphatic rings. The van der Waals surface area contributed by atoms with E-state index in [1.807, 2.05) is 42.5 Å². The van der Waals surface area contributed by atoms with E-state index in [1.54, 1.807) is 17.3 Å². The smallest absolute Gasteiger partial charge is 0.270 e. The highest BCUT2D eigenvalue weighted by Gasteiger charge is 2.27. The van der Waals surface area contributed by atoms with Gasteiger partial charge in [0.15, 0.2) is 0 Å². The average Bonchev–Trinajstić information content (AvgIpc) is 2.86. The van der Waals surface area contributed by atoms with Gasteiger partial charge in [-0.25, -0.2) is 5.43 Å². The summed E-state index contributed by atoms with van der Waals surface area (Å²) >= 11 is 0. The van der Waals surface area contributed by atoms with Gasteiger partial charge in [0.05, 0.1) is 0 Å². The number of benzene rings is 2. The Bertz CT molecular complexity index is 1300. The van der Waals surface area contributed by atoms with Crippen molar-refractivity contribution in [2.45, 2.75) is 32.4 Å². The number of pyridine rings is 1. The lowest BCUT2D eigenvalue weighted by Gasteiger charge is -2.31. The van der Waals surface area contributed by atoms with Gasteiger partial charge in [-0.1, -0.05) is 24.3 Å². The molecule has 2 aliphatic heterocycles. The second-order valence-electron chi connectivity index (χ2n) is 8.25. The third kappa shape index (κ3) is 4.32. The van der Waals surface area contributed by atoms with Gasteiger partial charge in [-0.05, 0) is 46.7 Å². The van der Waals surface area contributed by atoms with Crippen molar-refractivity contribution in [3.8, 4) is 0 Å². The molecule has 0 fully saturated rings. The molecule has 1 aromatic heterocycles. The fourth-order valence-corrected chi connectivity index (χ4v) is 4.34. The Labute approximate surface area is 190 Å². The van der Waals surface area contributed by atoms with Crippen molar-refractivity contribution in [1.29, 1.82) is 0 Å². The van der Waals surface area contributed by atoms with E-state index < -0.39 is 0 Å². The van der Waals surface area contributed by atoms with Crippen molar-refractivity contribution < 1.29 is 14.4 Å². The molecular weight excluding hydrogens is 418 g/mol. The summed E-state index contributed by atoms with van der Waals surface area (Å²) < 4.78 is 0. The van der Waals surface area contributed by atoms with E-state index in [4.69, 9.17) is 0 Å². The highest BCUT2D eigenvalue weighted by Crippen LogP contribution is 2.24. The topological polar surface area (TPSA) is 104 Å². The van der Waals surface area contributed by atoms with E-state index in [0.717, 1.165) is 21.9 Å². The maximum absolute atomic E-state index is 12.8. The molecule has 8 nitrogen and oxygen atoms in total. The van der Waals surface area contributed by atoms with Crippen LogP contribution in [-0.4, -0.2) is 39.9 Å². The maximum atomic E-state index is 12.8. The van der Waals surface area contributed by atoms with Gasteiger partial charge in [0.25, 0.3) is 11.8 Å². The lowest BCUT2D eigenvalue weighted by atomic mass is 9.94. The molecule has 0 bridgehead atoms. The average molecular weight is 441 g/mol. The molecule has 5 rings (SSSR count). The highest BCUT2D eigenvalue weighted by molar-refractivity contribution is 6.39. The minimum atomic E-state index is -0.164. The number of hydrazone groups is 1. The van der Waals surface area contributed by atoms with E-state index >= 15 is 0 Å². The Balaban J connectivity index is 1.26. The molecule has 0 saturated heterocycles. The Morgan fingerprint density at radius 1 is 1.06 bits per heavy atom. The van der Waals surface area contributed by atoms with E-state index in [2.05, 4.69) is 20.8 Å². The van der Waals surface area contributed by atoms with Crippen LogP contribution in [0.2, 0.25) is 0 Å². The monoisotopic (exact) mass is 441 g/mol. The fraction of sp³-hybridized carbons (Fsp3) is 0.240. The summed E-state index contributed by atoms with van der Waals surface area (Å²) in [5.74, 6) is -0.434. The third-order valence-corrected chi connectivity index (χ3v) is 6.14. The van der Waals surface area contributed by atoms with Gasteiger partial charge in [0.1, 0.15) is 5.71 Å². The number of amides is 3. The van der Waals surface area contributed by atoms with E-state index in [-0.39, 0.29) is 24.1 Å². The third-order valence-electron chi connectivity index (χ3n) is 6.14. The molecular formula is C25H23N5O3. The zero-order valence-corrected chi connectivity index (χ0v) is 18.0. The molecule has 3 amide bonds. The van der Waals surface area contributed by atoms with E-state index in [0.29, 0.717) is 43.8 Å². The van der Waals surface area contributed by atoms with Crippen LogP contribution in [0.4, 0.5) is 0 Å². The molecule has 0 spiro atoms. The molecule has 0 saturated carbocycles. The van der Waals surface area contributed by atoms with Gasteiger partial charge in [-0.2, -0.15) is 5.10 Å². The van der Waals surface area contributed by atoms with Crippen LogP contribution in [-0.2, 0) is 29.1 Å². The lowest BCUT2D eigenvalue weighted by molar-refractivity contribution is -0.125. The van der Waals surface area contributed by atoms with Gasteiger partial charge in [0, 0.05) is 55.8 Å². The van der Waals surface area contributed by atoms with Gasteiger partial charge in [-0.3, -0.25) is 19.4 Å². The van der Waals surface area contributed by atoms with Gasteiger partial charge >= 0.3 is 0 Å². The van der Waals surface area contributed by atoms with Crippen molar-refractivity contribution >= 4 is 34.2 Å². The highest BCUT2D eigenvalue weighted by atomic mass is 16.2. The molecule has 0 unspecified atom stereocenters. The van der Waals surface area contributed by atoms with Crippen LogP contribution >= 0.6 is 0 Å². The molecule has 0 atom stereocenters. The Kier molecular flexibility index (Phi) is 5.56. The van der Waals surface area contributed by atoms with Crippen molar-refractivity contribution in [1.82, 2.24) is 20.6 Å². The number of rotatable bonds is 4. The molecule has 3 aromatic rings. The molecule has 2 aromatic carbocycles. The Hall–Kier alpha value is -4.07. The molecule has 2 N–H and O–H groups in total. The number of aromatic nitrogens is 1. The number of hydrogen-bond donors (Lipinski definition) is 2. The van der Waals surface area contributed by atoms with Crippen LogP contribution in [0.3, 0.4) is 0 Å². The molecule has 0 aliphatic carbocycles. The van der Waals surface area contributed by atoms with E-state index in [1.165, 1.54) is 5.56 Å². The van der Waals surface area contributed by atoms with Crippen LogP contribution in [0.15, 0.2) is 60.0 Å². The van der Waals surface area contributed by atoms with E-state index in [9.17, 15) is 14.4 Å². The SMILES string of the molecule is O=C1CCC(C(=O)N2CCc3c(CNC(=O)c4ccc5ccncc5c4)cccc3C2)=NN1. The Morgan fingerprint density at radius 2 is 1.97 bits per heavy atom. The van der Waals surface area contributed by atoms with Gasteiger partial charge in [0.2, 0.25) is 5.91 Å². The Morgan fingerprint density at radius 3 is 2.82 bits per heavy atom. The van der Waals surface area contributed by atoms with Crippen LogP contribution in [0.5, 0.6) is 0 Å². The minimum absolute atomic E-state index is 0.134. The number of nitrogens with one attached hydrogen (secondary N) is 2. The summed E-state index contributed by atoms with van der Waals surface area (Å²) in [7, 11) is 0. The maximum Gasteiger partial charge on any atom is 0.270 e. The summed E-state index contributed by atoms with van der Waals surface area (Å²) in [5, 5.41) is 8.92. The first kappa shape index (κ1) is 20.8. The van der Waals surface area contributed by atoms with Crippen LogP contribution in [0.25, 0.3) is 10.8 Å². The van der Waals surface area contributed by atoms with Gasteiger partial charge in [-0.15, -0.1) is 0 Å². The minimum Gasteiger partial charge on any atom is -0.348 e. The second kappa shape index (κ2) is 8.82. The fourth-order valence-electron chi connectivity index (χ4n) is 4.34. The number of carbonyl (C=O) groups excluding carboxylic acids is 3. The van der Waals surface area contributed by atoms with Crippen molar-refractivity contribution in [3.05, 3.63) is 77.1 Å². The number of nitrogens with zero attached hydrogens (tertiary/aromatic N) is 3. The molecule has 8 heteroatoms. The van der Waals surface area contributed by atoms with Crippen LogP contribution in [0, 0.1) is 0 Å². The predicted molar refractivity (Wildman–Crippen MR) is 123 cm³/mol. The van der Waals surface area contributed by atoms with Crippen LogP contribution < -0.4 is 10.7 Å². The normalized spacial score (nSPS) is 15.5. The second-order valence-corrected chi connectivity index (χ2v) is 8.25. The number of carbonyl (C=O) groups is 3. The first-order valence-corrected chi connectivity index (χ1v) is 10.9. The number of fused-ring (bicyclic) bond motifs is 2. The van der Waals surface area contributed by atoms with Crippen molar-refractivity contribution in [2.24, 2.45) is 5.10 Å².